The summed E-state index contributed by atoms with van der Waals surface area (Å²) in [6, 6.07) is 5.94. The van der Waals surface area contributed by atoms with Gasteiger partial charge < -0.3 is 24.4 Å². The molecule has 0 amide bonds. The fraction of sp³-hybridized carbons (Fsp3) is 0.619. The summed E-state index contributed by atoms with van der Waals surface area (Å²) in [6.45, 7) is 8.43. The maximum absolute atomic E-state index is 12.2. The number of guanidine groups is 1. The van der Waals surface area contributed by atoms with Crippen LogP contribution >= 0.6 is 24.0 Å². The molecule has 1 N–H and O–H groups in total. The summed E-state index contributed by atoms with van der Waals surface area (Å²) in [7, 11) is 0. The minimum absolute atomic E-state index is 0. The van der Waals surface area contributed by atoms with Crippen molar-refractivity contribution in [1.29, 1.82) is 0 Å². The van der Waals surface area contributed by atoms with Crippen LogP contribution in [-0.4, -0.2) is 56.3 Å². The number of nitrogens with zero attached hydrogens (tertiary/aromatic N) is 2. The van der Waals surface area contributed by atoms with Gasteiger partial charge in [-0.2, -0.15) is 0 Å². The number of aliphatic imine (C=N–C) groups is 1. The summed E-state index contributed by atoms with van der Waals surface area (Å²) < 4.78 is 16.9. The molecule has 29 heavy (non-hydrogen) atoms. The van der Waals surface area contributed by atoms with Crippen molar-refractivity contribution in [2.45, 2.75) is 39.7 Å². The maximum Gasteiger partial charge on any atom is 0.310 e. The van der Waals surface area contributed by atoms with Gasteiger partial charge in [0.15, 0.2) is 17.5 Å². The summed E-state index contributed by atoms with van der Waals surface area (Å²) in [5.74, 6) is 2.20. The third-order valence-electron chi connectivity index (χ3n) is 4.93. The molecule has 162 valence electrons. The average Bonchev–Trinajstić information content (AvgIpc) is 2.97. The number of halogens is 1. The highest BCUT2D eigenvalue weighted by atomic mass is 127. The van der Waals surface area contributed by atoms with Crippen molar-refractivity contribution in [3.63, 3.8) is 0 Å². The van der Waals surface area contributed by atoms with Gasteiger partial charge in [0.05, 0.1) is 32.3 Å². The first kappa shape index (κ1) is 23.6. The van der Waals surface area contributed by atoms with Crippen LogP contribution in [0.25, 0.3) is 0 Å². The number of esters is 1. The first-order chi connectivity index (χ1) is 13.7. The third kappa shape index (κ3) is 6.38. The van der Waals surface area contributed by atoms with Gasteiger partial charge >= 0.3 is 5.97 Å². The predicted octanol–water partition coefficient (Wildman–Crippen LogP) is 3.21. The second-order valence-corrected chi connectivity index (χ2v) is 7.00. The topological polar surface area (TPSA) is 72.4 Å². The van der Waals surface area contributed by atoms with Crippen molar-refractivity contribution in [1.82, 2.24) is 10.2 Å². The minimum atomic E-state index is -0.109. The summed E-state index contributed by atoms with van der Waals surface area (Å²) >= 11 is 0. The Balaban J connectivity index is 0.00000300. The standard InChI is InChI=1S/C21H31N3O4.HI/c1-3-22-21(24-11-6-9-17(15-24)20(25)26-4-2)23-14-16-8-5-10-18-19(16)28-13-7-12-27-18;/h5,8,10,17H,3-4,6-7,9,11-15H2,1-2H3,(H,22,23);1H/t17-;/m1./s1. The molecule has 1 fully saturated rings. The monoisotopic (exact) mass is 517 g/mol. The van der Waals surface area contributed by atoms with E-state index < -0.39 is 0 Å². The number of carbonyl (C=O) groups excluding carboxylic acids is 1. The predicted molar refractivity (Wildman–Crippen MR) is 123 cm³/mol. The summed E-state index contributed by atoms with van der Waals surface area (Å²) in [4.78, 5) is 19.1. The van der Waals surface area contributed by atoms with Gasteiger partial charge in [0.1, 0.15) is 0 Å². The molecule has 2 aliphatic heterocycles. The number of fused-ring (bicyclic) bond motifs is 1. The van der Waals surface area contributed by atoms with E-state index in [9.17, 15) is 4.79 Å². The molecule has 1 atom stereocenters. The molecule has 1 aromatic rings. The largest absolute Gasteiger partial charge is 0.490 e. The quantitative estimate of drug-likeness (QED) is 0.280. The second kappa shape index (κ2) is 12.1. The lowest BCUT2D eigenvalue weighted by atomic mass is 9.98. The van der Waals surface area contributed by atoms with Gasteiger partial charge in [-0.3, -0.25) is 4.79 Å². The zero-order valence-electron chi connectivity index (χ0n) is 17.3. The van der Waals surface area contributed by atoms with Gasteiger partial charge in [0, 0.05) is 31.6 Å². The van der Waals surface area contributed by atoms with Crippen LogP contribution in [-0.2, 0) is 16.1 Å². The van der Waals surface area contributed by atoms with E-state index in [4.69, 9.17) is 19.2 Å². The molecule has 8 heteroatoms. The Morgan fingerprint density at radius 1 is 1.28 bits per heavy atom. The minimum Gasteiger partial charge on any atom is -0.490 e. The van der Waals surface area contributed by atoms with Gasteiger partial charge in [-0.1, -0.05) is 12.1 Å². The van der Waals surface area contributed by atoms with Crippen molar-refractivity contribution in [3.05, 3.63) is 23.8 Å². The van der Waals surface area contributed by atoms with Crippen molar-refractivity contribution >= 4 is 35.9 Å². The fourth-order valence-electron chi connectivity index (χ4n) is 3.59. The lowest BCUT2D eigenvalue weighted by Crippen LogP contribution is -2.48. The smallest absolute Gasteiger partial charge is 0.310 e. The highest BCUT2D eigenvalue weighted by Gasteiger charge is 2.28. The number of hydrogen-bond donors (Lipinski definition) is 1. The fourth-order valence-corrected chi connectivity index (χ4v) is 3.59. The van der Waals surface area contributed by atoms with Gasteiger partial charge in [0.25, 0.3) is 0 Å². The number of carbonyl (C=O) groups is 1. The van der Waals surface area contributed by atoms with Crippen LogP contribution in [0.1, 0.15) is 38.7 Å². The Morgan fingerprint density at radius 2 is 2.10 bits per heavy atom. The van der Waals surface area contributed by atoms with E-state index in [-0.39, 0.29) is 35.9 Å². The molecule has 3 rings (SSSR count). The van der Waals surface area contributed by atoms with E-state index in [0.717, 1.165) is 55.4 Å². The number of benzene rings is 1. The number of nitrogens with one attached hydrogen (secondary N) is 1. The van der Waals surface area contributed by atoms with Crippen LogP contribution in [0.5, 0.6) is 11.5 Å². The Kier molecular flexibility index (Phi) is 9.83. The molecular weight excluding hydrogens is 485 g/mol. The first-order valence-electron chi connectivity index (χ1n) is 10.3. The summed E-state index contributed by atoms with van der Waals surface area (Å²) in [5, 5.41) is 3.36. The molecule has 1 aromatic carbocycles. The molecule has 0 aliphatic carbocycles. The molecule has 7 nitrogen and oxygen atoms in total. The average molecular weight is 517 g/mol. The van der Waals surface area contributed by atoms with Crippen LogP contribution in [0.3, 0.4) is 0 Å². The summed E-state index contributed by atoms with van der Waals surface area (Å²) in [6.07, 6.45) is 2.70. The molecule has 0 radical (unpaired) electrons. The number of ether oxygens (including phenoxy) is 3. The van der Waals surface area contributed by atoms with E-state index in [1.54, 1.807) is 0 Å². The van der Waals surface area contributed by atoms with Crippen molar-refractivity contribution in [2.24, 2.45) is 10.9 Å². The number of likely N-dealkylation sites (tertiary alicyclic amines) is 1. The molecule has 0 aromatic heterocycles. The van der Waals surface area contributed by atoms with Gasteiger partial charge in [-0.05, 0) is 32.8 Å². The highest BCUT2D eigenvalue weighted by Crippen LogP contribution is 2.33. The van der Waals surface area contributed by atoms with E-state index in [1.165, 1.54) is 0 Å². The number of hydrogen-bond acceptors (Lipinski definition) is 5. The molecule has 0 bridgehead atoms. The van der Waals surface area contributed by atoms with E-state index in [1.807, 2.05) is 32.0 Å². The molecule has 1 saturated heterocycles. The second-order valence-electron chi connectivity index (χ2n) is 7.00. The molecular formula is C21H32IN3O4. The van der Waals surface area contributed by atoms with Crippen LogP contribution in [0, 0.1) is 5.92 Å². The zero-order chi connectivity index (χ0) is 19.8. The van der Waals surface area contributed by atoms with E-state index in [0.29, 0.717) is 32.9 Å². The Bertz CT molecular complexity index is 699. The Hall–Kier alpha value is -1.71. The van der Waals surface area contributed by atoms with Crippen LogP contribution in [0.4, 0.5) is 0 Å². The van der Waals surface area contributed by atoms with E-state index >= 15 is 0 Å². The van der Waals surface area contributed by atoms with Gasteiger partial charge in [0.2, 0.25) is 0 Å². The van der Waals surface area contributed by atoms with E-state index in [2.05, 4.69) is 10.2 Å². The molecule has 2 aliphatic rings. The lowest BCUT2D eigenvalue weighted by molar-refractivity contribution is -0.149. The van der Waals surface area contributed by atoms with Crippen molar-refractivity contribution in [2.75, 3.05) is 39.5 Å². The highest BCUT2D eigenvalue weighted by molar-refractivity contribution is 14.0. The normalized spacial score (nSPS) is 19.0. The Labute approximate surface area is 190 Å². The SMILES string of the molecule is CCNC(=NCc1cccc2c1OCCCO2)N1CCC[C@@H](C(=O)OCC)C1.I. The van der Waals surface area contributed by atoms with Crippen molar-refractivity contribution in [3.8, 4) is 11.5 Å². The molecule has 2 heterocycles. The van der Waals surface area contributed by atoms with Gasteiger partial charge in [-0.15, -0.1) is 24.0 Å². The van der Waals surface area contributed by atoms with Crippen molar-refractivity contribution < 1.29 is 19.0 Å². The lowest BCUT2D eigenvalue weighted by Gasteiger charge is -2.34. The summed E-state index contributed by atoms with van der Waals surface area (Å²) in [5.41, 5.74) is 1.01. The molecule has 0 spiro atoms. The van der Waals surface area contributed by atoms with Crippen LogP contribution in [0.2, 0.25) is 0 Å². The van der Waals surface area contributed by atoms with Crippen LogP contribution < -0.4 is 14.8 Å². The Morgan fingerprint density at radius 3 is 2.90 bits per heavy atom. The van der Waals surface area contributed by atoms with Gasteiger partial charge in [-0.25, -0.2) is 4.99 Å². The number of rotatable bonds is 5. The molecule has 0 saturated carbocycles. The number of para-hydroxylation sites is 1. The zero-order valence-corrected chi connectivity index (χ0v) is 19.6. The number of piperidine rings is 1. The first-order valence-corrected chi connectivity index (χ1v) is 10.3. The van der Waals surface area contributed by atoms with Crippen LogP contribution in [0.15, 0.2) is 23.2 Å². The maximum atomic E-state index is 12.2. The molecule has 0 unspecified atom stereocenters. The third-order valence-corrected chi connectivity index (χ3v) is 4.93.